The van der Waals surface area contributed by atoms with E-state index in [0.717, 1.165) is 21.5 Å². The number of rotatable bonds is 11. The molecular formula is C28H28N4O7S. The number of benzene rings is 2. The minimum atomic E-state index is -1.17. The maximum absolute atomic E-state index is 13.7. The van der Waals surface area contributed by atoms with Crippen LogP contribution >= 0.6 is 11.3 Å². The Labute approximate surface area is 233 Å². The predicted molar refractivity (Wildman–Crippen MR) is 149 cm³/mol. The third-order valence-corrected chi connectivity index (χ3v) is 7.07. The lowest BCUT2D eigenvalue weighted by molar-refractivity contribution is -0.142. The topological polar surface area (TPSA) is 153 Å². The van der Waals surface area contributed by atoms with Crippen molar-refractivity contribution >= 4 is 34.1 Å². The number of imidazole rings is 1. The first-order valence-corrected chi connectivity index (χ1v) is 13.3. The standard InChI is InChI=1S/C28H28N4O7S/c1-4-21(33)20-15-40-27(29-20)31-25(35)24(16(2)17-8-6-5-7-9-17)32-26(36)23(30-28(32)37)18-10-12-19(13-11-18)39-14-22(34)38-3/h5-13,15-16,24,36H,4,14H2,1-3H3,(H,30,37)(H,29,31,35)/t16-,24-/m0/s1. The number of carbonyl (C=O) groups is 3. The number of carbonyl (C=O) groups excluding carboxylic acids is 3. The molecule has 0 aliphatic rings. The van der Waals surface area contributed by atoms with E-state index < -0.39 is 35.4 Å². The summed E-state index contributed by atoms with van der Waals surface area (Å²) >= 11 is 1.10. The Hall–Kier alpha value is -4.71. The first kappa shape index (κ1) is 28.3. The summed E-state index contributed by atoms with van der Waals surface area (Å²) in [5.41, 5.74) is 0.881. The fourth-order valence-corrected chi connectivity index (χ4v) is 4.86. The second kappa shape index (κ2) is 12.4. The Morgan fingerprint density at radius 1 is 1.12 bits per heavy atom. The maximum Gasteiger partial charge on any atom is 0.343 e. The Bertz CT molecular complexity index is 1560. The van der Waals surface area contributed by atoms with Gasteiger partial charge in [-0.15, -0.1) is 11.3 Å². The Morgan fingerprint density at radius 2 is 1.82 bits per heavy atom. The third kappa shape index (κ3) is 6.12. The molecule has 0 spiro atoms. The van der Waals surface area contributed by atoms with Gasteiger partial charge in [0.05, 0.1) is 7.11 Å². The van der Waals surface area contributed by atoms with Crippen LogP contribution in [0.1, 0.15) is 48.3 Å². The largest absolute Gasteiger partial charge is 0.493 e. The van der Waals surface area contributed by atoms with Gasteiger partial charge in [-0.2, -0.15) is 0 Å². The molecule has 40 heavy (non-hydrogen) atoms. The summed E-state index contributed by atoms with van der Waals surface area (Å²) in [5.74, 6) is -1.87. The number of ether oxygens (including phenoxy) is 2. The molecule has 0 saturated heterocycles. The van der Waals surface area contributed by atoms with Gasteiger partial charge in [0.15, 0.2) is 17.5 Å². The van der Waals surface area contributed by atoms with Crippen LogP contribution < -0.4 is 15.7 Å². The van der Waals surface area contributed by atoms with Crippen molar-refractivity contribution in [3.05, 3.63) is 81.7 Å². The van der Waals surface area contributed by atoms with Crippen molar-refractivity contribution in [2.75, 3.05) is 19.0 Å². The second-order valence-corrected chi connectivity index (χ2v) is 9.69. The molecule has 11 nitrogen and oxygen atoms in total. The summed E-state index contributed by atoms with van der Waals surface area (Å²) in [4.78, 5) is 57.0. The molecule has 4 rings (SSSR count). The van der Waals surface area contributed by atoms with Gasteiger partial charge in [0, 0.05) is 23.3 Å². The fourth-order valence-electron chi connectivity index (χ4n) is 4.14. The minimum Gasteiger partial charge on any atom is -0.493 e. The normalized spacial score (nSPS) is 12.4. The van der Waals surface area contributed by atoms with E-state index in [0.29, 0.717) is 11.3 Å². The average molecular weight is 565 g/mol. The number of methoxy groups -OCH3 is 1. The first-order chi connectivity index (χ1) is 19.2. The fraction of sp³-hybridized carbons (Fsp3) is 0.250. The number of aromatic nitrogens is 3. The Balaban J connectivity index is 1.68. The zero-order valence-electron chi connectivity index (χ0n) is 22.0. The molecule has 0 saturated carbocycles. The number of anilines is 1. The van der Waals surface area contributed by atoms with Crippen molar-refractivity contribution in [2.45, 2.75) is 32.2 Å². The number of ketones is 1. The van der Waals surface area contributed by atoms with Crippen LogP contribution in [-0.2, 0) is 14.3 Å². The molecule has 208 valence electrons. The monoisotopic (exact) mass is 564 g/mol. The molecule has 2 aromatic heterocycles. The van der Waals surface area contributed by atoms with E-state index in [1.54, 1.807) is 43.5 Å². The van der Waals surface area contributed by atoms with Gasteiger partial charge in [0.1, 0.15) is 23.2 Å². The van der Waals surface area contributed by atoms with Crippen LogP contribution in [0.2, 0.25) is 0 Å². The number of hydrogen-bond donors (Lipinski definition) is 3. The SMILES string of the molecule is CCC(=O)c1csc(NC(=O)[C@H]([C@@H](C)c2ccccc2)n2c(O)c(-c3ccc(OCC(=O)OC)cc3)[nH]c2=O)n1. The Kier molecular flexibility index (Phi) is 8.80. The number of aromatic amines is 1. The molecule has 4 aromatic rings. The zero-order valence-corrected chi connectivity index (χ0v) is 22.9. The van der Waals surface area contributed by atoms with Crippen LogP contribution in [-0.4, -0.2) is 51.0 Å². The van der Waals surface area contributed by atoms with Crippen LogP contribution in [0.25, 0.3) is 11.3 Å². The van der Waals surface area contributed by atoms with Gasteiger partial charge in [-0.1, -0.05) is 44.2 Å². The highest BCUT2D eigenvalue weighted by atomic mass is 32.1. The highest BCUT2D eigenvalue weighted by molar-refractivity contribution is 7.14. The molecule has 12 heteroatoms. The van der Waals surface area contributed by atoms with Crippen LogP contribution in [0.3, 0.4) is 0 Å². The molecule has 0 radical (unpaired) electrons. The van der Waals surface area contributed by atoms with Gasteiger partial charge in [-0.05, 0) is 29.8 Å². The second-order valence-electron chi connectivity index (χ2n) is 8.84. The average Bonchev–Trinajstić information content (AvgIpc) is 3.56. The Morgan fingerprint density at radius 3 is 2.48 bits per heavy atom. The number of esters is 1. The quantitative estimate of drug-likeness (QED) is 0.182. The summed E-state index contributed by atoms with van der Waals surface area (Å²) in [6.07, 6.45) is 0.276. The molecule has 2 atom stereocenters. The van der Waals surface area contributed by atoms with Crippen molar-refractivity contribution in [3.63, 3.8) is 0 Å². The van der Waals surface area contributed by atoms with Crippen LogP contribution in [0.4, 0.5) is 5.13 Å². The highest BCUT2D eigenvalue weighted by Gasteiger charge is 2.34. The number of Topliss-reactive ketones (excluding diaryl/α,β-unsaturated/α-hetero) is 1. The van der Waals surface area contributed by atoms with Crippen molar-refractivity contribution in [3.8, 4) is 22.9 Å². The number of nitrogens with zero attached hydrogens (tertiary/aromatic N) is 2. The molecule has 2 heterocycles. The molecule has 0 fully saturated rings. The van der Waals surface area contributed by atoms with E-state index in [4.69, 9.17) is 4.74 Å². The van der Waals surface area contributed by atoms with E-state index in [9.17, 15) is 24.3 Å². The van der Waals surface area contributed by atoms with E-state index in [1.807, 2.05) is 30.3 Å². The number of aromatic hydroxyl groups is 1. The van der Waals surface area contributed by atoms with Gasteiger partial charge in [-0.25, -0.2) is 19.1 Å². The van der Waals surface area contributed by atoms with E-state index in [-0.39, 0.29) is 35.3 Å². The summed E-state index contributed by atoms with van der Waals surface area (Å²) in [5, 5.41) is 15.7. The maximum atomic E-state index is 13.7. The number of amides is 1. The van der Waals surface area contributed by atoms with Crippen molar-refractivity contribution < 1.29 is 29.0 Å². The van der Waals surface area contributed by atoms with Gasteiger partial charge in [0.25, 0.3) is 0 Å². The lowest BCUT2D eigenvalue weighted by Crippen LogP contribution is -2.35. The predicted octanol–water partition coefficient (Wildman–Crippen LogP) is 4.13. The van der Waals surface area contributed by atoms with Gasteiger partial charge in [0.2, 0.25) is 11.8 Å². The third-order valence-electron chi connectivity index (χ3n) is 6.32. The molecule has 0 bridgehead atoms. The summed E-state index contributed by atoms with van der Waals surface area (Å²) in [6.45, 7) is 3.23. The number of nitrogens with one attached hydrogen (secondary N) is 2. The van der Waals surface area contributed by atoms with Gasteiger partial charge < -0.3 is 24.9 Å². The van der Waals surface area contributed by atoms with Gasteiger partial charge >= 0.3 is 11.7 Å². The summed E-state index contributed by atoms with van der Waals surface area (Å²) in [6, 6.07) is 14.3. The molecule has 2 aromatic carbocycles. The van der Waals surface area contributed by atoms with Crippen LogP contribution in [0.5, 0.6) is 11.6 Å². The summed E-state index contributed by atoms with van der Waals surface area (Å²) in [7, 11) is 1.26. The van der Waals surface area contributed by atoms with E-state index in [1.165, 1.54) is 7.11 Å². The molecular weight excluding hydrogens is 536 g/mol. The zero-order chi connectivity index (χ0) is 28.8. The van der Waals surface area contributed by atoms with Crippen LogP contribution in [0, 0.1) is 0 Å². The smallest absolute Gasteiger partial charge is 0.343 e. The lowest BCUT2D eigenvalue weighted by Gasteiger charge is -2.24. The summed E-state index contributed by atoms with van der Waals surface area (Å²) < 4.78 is 10.9. The molecule has 0 aliphatic carbocycles. The molecule has 0 aliphatic heterocycles. The first-order valence-electron chi connectivity index (χ1n) is 12.4. The molecule has 3 N–H and O–H groups in total. The van der Waals surface area contributed by atoms with Crippen molar-refractivity contribution in [1.29, 1.82) is 0 Å². The minimum absolute atomic E-state index is 0.104. The van der Waals surface area contributed by atoms with E-state index in [2.05, 4.69) is 20.0 Å². The van der Waals surface area contributed by atoms with Crippen LogP contribution in [0.15, 0.2) is 64.8 Å². The van der Waals surface area contributed by atoms with E-state index >= 15 is 0 Å². The lowest BCUT2D eigenvalue weighted by atomic mass is 9.92. The molecule has 1 amide bonds. The molecule has 0 unspecified atom stereocenters. The highest BCUT2D eigenvalue weighted by Crippen LogP contribution is 2.36. The van der Waals surface area contributed by atoms with Crippen molar-refractivity contribution in [1.82, 2.24) is 14.5 Å². The van der Waals surface area contributed by atoms with Crippen molar-refractivity contribution in [2.24, 2.45) is 0 Å². The number of H-pyrrole nitrogens is 1. The number of hydrogen-bond acceptors (Lipinski definition) is 9. The van der Waals surface area contributed by atoms with Gasteiger partial charge in [-0.3, -0.25) is 9.59 Å². The number of thiazole rings is 1.